The van der Waals surface area contributed by atoms with Crippen molar-refractivity contribution in [2.45, 2.75) is 31.3 Å². The highest BCUT2D eigenvalue weighted by molar-refractivity contribution is 7.99. The van der Waals surface area contributed by atoms with Gasteiger partial charge >= 0.3 is 0 Å². The molecule has 0 aliphatic carbocycles. The molecule has 0 fully saturated rings. The van der Waals surface area contributed by atoms with Crippen LogP contribution < -0.4 is 5.73 Å². The molecule has 0 aliphatic rings. The number of benzene rings is 1. The Kier molecular flexibility index (Phi) is 3.43. The van der Waals surface area contributed by atoms with E-state index in [4.69, 9.17) is 5.73 Å². The average Bonchev–Trinajstić information content (AvgIpc) is 2.06. The molecule has 1 aromatic carbocycles. The Morgan fingerprint density at radius 3 is 2.57 bits per heavy atom. The highest BCUT2D eigenvalue weighted by Crippen LogP contribution is 2.29. The molecule has 1 rings (SSSR count). The maximum absolute atomic E-state index is 13.4. The van der Waals surface area contributed by atoms with E-state index in [1.54, 1.807) is 30.0 Å². The number of thioether (sulfide) groups is 1. The summed E-state index contributed by atoms with van der Waals surface area (Å²) in [5, 5.41) is 0. The molecule has 3 heteroatoms. The Bertz CT molecular complexity index is 318. The molecule has 0 atom stereocenters. The fraction of sp³-hybridized carbons (Fsp3) is 0.455. The van der Waals surface area contributed by atoms with E-state index in [0.717, 1.165) is 0 Å². The molecule has 0 spiro atoms. The van der Waals surface area contributed by atoms with Gasteiger partial charge in [-0.1, -0.05) is 32.9 Å². The van der Waals surface area contributed by atoms with Gasteiger partial charge in [0.25, 0.3) is 0 Å². The summed E-state index contributed by atoms with van der Waals surface area (Å²) >= 11 is 1.71. The topological polar surface area (TPSA) is 26.0 Å². The van der Waals surface area contributed by atoms with Crippen LogP contribution in [-0.4, -0.2) is 4.75 Å². The van der Waals surface area contributed by atoms with Crippen molar-refractivity contribution in [3.05, 3.63) is 29.6 Å². The maximum atomic E-state index is 13.4. The van der Waals surface area contributed by atoms with Crippen LogP contribution in [0.15, 0.2) is 18.2 Å². The van der Waals surface area contributed by atoms with Gasteiger partial charge < -0.3 is 5.73 Å². The van der Waals surface area contributed by atoms with Crippen LogP contribution in [0.1, 0.15) is 26.3 Å². The first-order chi connectivity index (χ1) is 6.40. The zero-order chi connectivity index (χ0) is 10.8. The summed E-state index contributed by atoms with van der Waals surface area (Å²) in [6.45, 7) is 6.34. The fourth-order valence-corrected chi connectivity index (χ4v) is 1.82. The van der Waals surface area contributed by atoms with Gasteiger partial charge in [0.2, 0.25) is 0 Å². The van der Waals surface area contributed by atoms with E-state index in [9.17, 15) is 4.39 Å². The first-order valence-corrected chi connectivity index (χ1v) is 5.55. The van der Waals surface area contributed by atoms with Crippen LogP contribution in [0.3, 0.4) is 0 Å². The highest BCUT2D eigenvalue weighted by atomic mass is 32.2. The van der Waals surface area contributed by atoms with Crippen molar-refractivity contribution in [3.8, 4) is 0 Å². The zero-order valence-electron chi connectivity index (χ0n) is 8.80. The third-order valence-electron chi connectivity index (χ3n) is 1.77. The molecule has 0 amide bonds. The van der Waals surface area contributed by atoms with Crippen LogP contribution in [0.4, 0.5) is 10.1 Å². The summed E-state index contributed by atoms with van der Waals surface area (Å²) in [6.07, 6.45) is 0. The lowest BCUT2D eigenvalue weighted by Gasteiger charge is -2.17. The maximum Gasteiger partial charge on any atom is 0.150 e. The third-order valence-corrected chi connectivity index (χ3v) is 3.09. The van der Waals surface area contributed by atoms with E-state index in [0.29, 0.717) is 11.3 Å². The molecule has 0 unspecified atom stereocenters. The Morgan fingerprint density at radius 2 is 2.00 bits per heavy atom. The number of hydrogen-bond donors (Lipinski definition) is 1. The first-order valence-electron chi connectivity index (χ1n) is 4.57. The number of hydrogen-bond acceptors (Lipinski definition) is 2. The molecule has 0 saturated heterocycles. The molecule has 0 aromatic heterocycles. The van der Waals surface area contributed by atoms with Crippen molar-refractivity contribution in [3.63, 3.8) is 0 Å². The Morgan fingerprint density at radius 1 is 1.36 bits per heavy atom. The van der Waals surface area contributed by atoms with Crippen molar-refractivity contribution < 1.29 is 4.39 Å². The van der Waals surface area contributed by atoms with Gasteiger partial charge in [0.15, 0.2) is 0 Å². The number of anilines is 1. The predicted octanol–water partition coefficient (Wildman–Crippen LogP) is 3.44. The van der Waals surface area contributed by atoms with E-state index >= 15 is 0 Å². The lowest BCUT2D eigenvalue weighted by Crippen LogP contribution is -2.08. The quantitative estimate of drug-likeness (QED) is 0.762. The Labute approximate surface area is 88.9 Å². The van der Waals surface area contributed by atoms with E-state index < -0.39 is 0 Å². The minimum absolute atomic E-state index is 0.150. The summed E-state index contributed by atoms with van der Waals surface area (Å²) in [6, 6.07) is 5.15. The van der Waals surface area contributed by atoms with Crippen LogP contribution in [0.25, 0.3) is 0 Å². The van der Waals surface area contributed by atoms with Crippen molar-refractivity contribution in [1.82, 2.24) is 0 Å². The Balaban J connectivity index is 2.73. The SMILES string of the molecule is CC(C)(C)SCc1cccc(N)c1F. The van der Waals surface area contributed by atoms with Gasteiger partial charge in [-0.2, -0.15) is 11.8 Å². The summed E-state index contributed by atoms with van der Waals surface area (Å²) in [5.41, 5.74) is 6.39. The molecule has 14 heavy (non-hydrogen) atoms. The largest absolute Gasteiger partial charge is 0.396 e. The van der Waals surface area contributed by atoms with Crippen LogP contribution in [0, 0.1) is 5.82 Å². The van der Waals surface area contributed by atoms with Crippen molar-refractivity contribution >= 4 is 17.4 Å². The standard InChI is InChI=1S/C11H16FNS/c1-11(2,3)14-7-8-5-4-6-9(13)10(8)12/h4-6H,7,13H2,1-3H3. The number of nitrogens with two attached hydrogens (primary N) is 1. The second-order valence-electron chi connectivity index (χ2n) is 4.22. The second kappa shape index (κ2) is 4.22. The summed E-state index contributed by atoms with van der Waals surface area (Å²) in [7, 11) is 0. The molecule has 0 heterocycles. The lowest BCUT2D eigenvalue weighted by atomic mass is 10.2. The summed E-state index contributed by atoms with van der Waals surface area (Å²) < 4.78 is 13.6. The molecule has 2 N–H and O–H groups in total. The smallest absolute Gasteiger partial charge is 0.150 e. The van der Waals surface area contributed by atoms with E-state index in [1.807, 2.05) is 0 Å². The average molecular weight is 213 g/mol. The monoisotopic (exact) mass is 213 g/mol. The Hall–Kier alpha value is -0.700. The van der Waals surface area contributed by atoms with Crippen molar-refractivity contribution in [1.29, 1.82) is 0 Å². The molecular weight excluding hydrogens is 197 g/mol. The molecule has 0 aliphatic heterocycles. The molecule has 1 aromatic rings. The van der Waals surface area contributed by atoms with Crippen molar-refractivity contribution in [2.75, 3.05) is 5.73 Å². The van der Waals surface area contributed by atoms with Gasteiger partial charge in [-0.25, -0.2) is 4.39 Å². The van der Waals surface area contributed by atoms with E-state index in [2.05, 4.69) is 20.8 Å². The molecule has 78 valence electrons. The highest BCUT2D eigenvalue weighted by Gasteiger charge is 2.13. The fourth-order valence-electron chi connectivity index (χ4n) is 1.01. The lowest BCUT2D eigenvalue weighted by molar-refractivity contribution is 0.622. The van der Waals surface area contributed by atoms with Gasteiger partial charge in [0.1, 0.15) is 5.82 Å². The van der Waals surface area contributed by atoms with Gasteiger partial charge in [-0.05, 0) is 11.6 Å². The summed E-state index contributed by atoms with van der Waals surface area (Å²) in [4.78, 5) is 0. The van der Waals surface area contributed by atoms with E-state index in [-0.39, 0.29) is 16.3 Å². The molecule has 1 nitrogen and oxygen atoms in total. The van der Waals surface area contributed by atoms with Crippen LogP contribution >= 0.6 is 11.8 Å². The number of rotatable bonds is 2. The van der Waals surface area contributed by atoms with Gasteiger partial charge in [-0.15, -0.1) is 0 Å². The van der Waals surface area contributed by atoms with Crippen LogP contribution in [-0.2, 0) is 5.75 Å². The molecule has 0 saturated carbocycles. The minimum atomic E-state index is -0.274. The third kappa shape index (κ3) is 3.22. The van der Waals surface area contributed by atoms with Gasteiger partial charge in [0.05, 0.1) is 5.69 Å². The molecule has 0 radical (unpaired) electrons. The number of nitrogen functional groups attached to an aromatic ring is 1. The van der Waals surface area contributed by atoms with Crippen LogP contribution in [0.2, 0.25) is 0 Å². The summed E-state index contributed by atoms with van der Waals surface area (Å²) in [5.74, 6) is 0.393. The van der Waals surface area contributed by atoms with Gasteiger partial charge in [0, 0.05) is 10.5 Å². The molecule has 0 bridgehead atoms. The van der Waals surface area contributed by atoms with E-state index in [1.165, 1.54) is 0 Å². The molecular formula is C11H16FNS. The minimum Gasteiger partial charge on any atom is -0.396 e. The number of halogens is 1. The zero-order valence-corrected chi connectivity index (χ0v) is 9.62. The predicted molar refractivity (Wildman–Crippen MR) is 61.9 cm³/mol. The van der Waals surface area contributed by atoms with Crippen LogP contribution in [0.5, 0.6) is 0 Å². The van der Waals surface area contributed by atoms with Gasteiger partial charge in [-0.3, -0.25) is 0 Å². The van der Waals surface area contributed by atoms with Crippen molar-refractivity contribution in [2.24, 2.45) is 0 Å². The second-order valence-corrected chi connectivity index (χ2v) is 6.02. The normalized spacial score (nSPS) is 11.7. The first kappa shape index (κ1) is 11.4.